The number of carbonyl (C=O) groups is 1. The Morgan fingerprint density at radius 3 is 2.61 bits per heavy atom. The third-order valence-electron chi connectivity index (χ3n) is 6.07. The first-order chi connectivity index (χ1) is 15.3. The number of para-hydroxylation sites is 2. The largest absolute Gasteiger partial charge is 0.490 e. The summed E-state index contributed by atoms with van der Waals surface area (Å²) in [7, 11) is 0. The van der Waals surface area contributed by atoms with Crippen molar-refractivity contribution in [3.05, 3.63) is 83.4 Å². The molecule has 2 N–H and O–H groups in total. The molecule has 1 aliphatic heterocycles. The van der Waals surface area contributed by atoms with Crippen LogP contribution in [0.2, 0.25) is 0 Å². The van der Waals surface area contributed by atoms with Crippen LogP contribution in [0.1, 0.15) is 21.5 Å². The molecule has 1 fully saturated rings. The SMILES string of the molecule is O=C(Nc1ccccc1OCCN1CCNCC1)c1ccc2c(c1)Cc1ccccc1-2. The molecule has 3 aromatic rings. The molecule has 158 valence electrons. The standard InChI is InChI=1S/C26H27N3O2/c30-26(20-9-10-23-21(18-20)17-19-5-1-2-6-22(19)23)28-24-7-3-4-8-25(24)31-16-15-29-13-11-27-12-14-29/h1-10,18,27H,11-17H2,(H,28,30). The monoisotopic (exact) mass is 413 g/mol. The van der Waals surface area contributed by atoms with Crippen LogP contribution in [0.5, 0.6) is 5.75 Å². The number of benzene rings is 3. The van der Waals surface area contributed by atoms with E-state index in [2.05, 4.69) is 45.9 Å². The minimum Gasteiger partial charge on any atom is -0.490 e. The lowest BCUT2D eigenvalue weighted by Crippen LogP contribution is -2.44. The quantitative estimate of drug-likeness (QED) is 0.505. The molecule has 5 rings (SSSR count). The number of ether oxygens (including phenoxy) is 1. The summed E-state index contributed by atoms with van der Waals surface area (Å²) in [6.45, 7) is 5.63. The molecule has 0 saturated carbocycles. The van der Waals surface area contributed by atoms with E-state index in [1.54, 1.807) is 0 Å². The van der Waals surface area contributed by atoms with Crippen LogP contribution in [0.15, 0.2) is 66.7 Å². The van der Waals surface area contributed by atoms with Gasteiger partial charge in [-0.15, -0.1) is 0 Å². The first-order valence-corrected chi connectivity index (χ1v) is 11.0. The van der Waals surface area contributed by atoms with Gasteiger partial charge >= 0.3 is 0 Å². The summed E-state index contributed by atoms with van der Waals surface area (Å²) in [6, 6.07) is 22.1. The van der Waals surface area contributed by atoms with E-state index < -0.39 is 0 Å². The number of nitrogens with one attached hydrogen (secondary N) is 2. The van der Waals surface area contributed by atoms with Crippen molar-refractivity contribution in [3.63, 3.8) is 0 Å². The van der Waals surface area contributed by atoms with Gasteiger partial charge in [0.2, 0.25) is 0 Å². The molecule has 1 heterocycles. The van der Waals surface area contributed by atoms with Gasteiger partial charge in [-0.2, -0.15) is 0 Å². The fourth-order valence-electron chi connectivity index (χ4n) is 4.40. The fraction of sp³-hybridized carbons (Fsp3) is 0.269. The number of anilines is 1. The Labute approximate surface area is 183 Å². The van der Waals surface area contributed by atoms with Crippen LogP contribution in [-0.4, -0.2) is 50.1 Å². The molecule has 31 heavy (non-hydrogen) atoms. The second-order valence-corrected chi connectivity index (χ2v) is 8.10. The molecular formula is C26H27N3O2. The van der Waals surface area contributed by atoms with Gasteiger partial charge in [0.05, 0.1) is 5.69 Å². The maximum Gasteiger partial charge on any atom is 0.255 e. The van der Waals surface area contributed by atoms with Gasteiger partial charge in [-0.1, -0.05) is 42.5 Å². The van der Waals surface area contributed by atoms with Crippen molar-refractivity contribution in [1.29, 1.82) is 0 Å². The predicted octanol–water partition coefficient (Wildman–Crippen LogP) is 3.79. The van der Waals surface area contributed by atoms with Gasteiger partial charge < -0.3 is 15.4 Å². The number of piperazine rings is 1. The van der Waals surface area contributed by atoms with E-state index in [4.69, 9.17) is 4.74 Å². The number of amides is 1. The van der Waals surface area contributed by atoms with Crippen LogP contribution in [0.25, 0.3) is 11.1 Å². The topological polar surface area (TPSA) is 53.6 Å². The van der Waals surface area contributed by atoms with Gasteiger partial charge in [-0.05, 0) is 52.9 Å². The second-order valence-electron chi connectivity index (χ2n) is 8.10. The van der Waals surface area contributed by atoms with Crippen LogP contribution >= 0.6 is 0 Å². The minimum absolute atomic E-state index is 0.114. The molecule has 5 heteroatoms. The van der Waals surface area contributed by atoms with E-state index in [-0.39, 0.29) is 5.91 Å². The van der Waals surface area contributed by atoms with Crippen molar-refractivity contribution in [3.8, 4) is 16.9 Å². The number of carbonyl (C=O) groups excluding carboxylic acids is 1. The summed E-state index contributed by atoms with van der Waals surface area (Å²) in [6.07, 6.45) is 0.873. The highest BCUT2D eigenvalue weighted by Crippen LogP contribution is 2.37. The van der Waals surface area contributed by atoms with E-state index in [9.17, 15) is 4.79 Å². The fourth-order valence-corrected chi connectivity index (χ4v) is 4.40. The van der Waals surface area contributed by atoms with Crippen molar-refractivity contribution in [2.45, 2.75) is 6.42 Å². The molecular weight excluding hydrogens is 386 g/mol. The second kappa shape index (κ2) is 8.92. The lowest BCUT2D eigenvalue weighted by Gasteiger charge is -2.27. The normalized spacial score (nSPS) is 15.2. The molecule has 5 nitrogen and oxygen atoms in total. The average molecular weight is 414 g/mol. The number of hydrogen-bond donors (Lipinski definition) is 2. The highest BCUT2D eigenvalue weighted by molar-refractivity contribution is 6.05. The molecule has 0 aromatic heterocycles. The van der Waals surface area contributed by atoms with Gasteiger partial charge in [0.25, 0.3) is 5.91 Å². The molecule has 3 aromatic carbocycles. The van der Waals surface area contributed by atoms with E-state index in [0.29, 0.717) is 23.6 Å². The zero-order chi connectivity index (χ0) is 21.0. The van der Waals surface area contributed by atoms with E-state index in [1.165, 1.54) is 22.3 Å². The summed E-state index contributed by atoms with van der Waals surface area (Å²) < 4.78 is 6.02. The summed E-state index contributed by atoms with van der Waals surface area (Å²) >= 11 is 0. The summed E-state index contributed by atoms with van der Waals surface area (Å²) in [4.78, 5) is 15.4. The highest BCUT2D eigenvalue weighted by Gasteiger charge is 2.20. The lowest BCUT2D eigenvalue weighted by molar-refractivity contribution is 0.102. The molecule has 1 amide bonds. The molecule has 0 atom stereocenters. The number of fused-ring (bicyclic) bond motifs is 3. The Kier molecular flexibility index (Phi) is 5.69. The summed E-state index contributed by atoms with van der Waals surface area (Å²) in [5, 5.41) is 6.40. The maximum absolute atomic E-state index is 13.0. The highest BCUT2D eigenvalue weighted by atomic mass is 16.5. The van der Waals surface area contributed by atoms with Gasteiger partial charge in [0, 0.05) is 38.3 Å². The van der Waals surface area contributed by atoms with Gasteiger partial charge in [0.1, 0.15) is 12.4 Å². The van der Waals surface area contributed by atoms with Crippen LogP contribution in [0, 0.1) is 0 Å². The Balaban J connectivity index is 1.25. The third kappa shape index (κ3) is 4.33. The Hall–Kier alpha value is -3.15. The lowest BCUT2D eigenvalue weighted by atomic mass is 10.0. The first-order valence-electron chi connectivity index (χ1n) is 11.0. The number of rotatable bonds is 6. The van der Waals surface area contributed by atoms with Crippen molar-refractivity contribution >= 4 is 11.6 Å². The maximum atomic E-state index is 13.0. The molecule has 0 bridgehead atoms. The van der Waals surface area contributed by atoms with Crippen molar-refractivity contribution in [2.75, 3.05) is 44.6 Å². The Bertz CT molecular complexity index is 1090. The van der Waals surface area contributed by atoms with Crippen LogP contribution in [0.3, 0.4) is 0 Å². The van der Waals surface area contributed by atoms with Gasteiger partial charge in [-0.3, -0.25) is 9.69 Å². The average Bonchev–Trinajstić information content (AvgIpc) is 3.19. The van der Waals surface area contributed by atoms with Crippen molar-refractivity contribution in [1.82, 2.24) is 10.2 Å². The summed E-state index contributed by atoms with van der Waals surface area (Å²) in [5.74, 6) is 0.594. The Morgan fingerprint density at radius 2 is 1.71 bits per heavy atom. The van der Waals surface area contributed by atoms with E-state index >= 15 is 0 Å². The first kappa shape index (κ1) is 19.8. The zero-order valence-electron chi connectivity index (χ0n) is 17.6. The third-order valence-corrected chi connectivity index (χ3v) is 6.07. The van der Waals surface area contributed by atoms with Crippen molar-refractivity contribution < 1.29 is 9.53 Å². The molecule has 1 saturated heterocycles. The smallest absolute Gasteiger partial charge is 0.255 e. The van der Waals surface area contributed by atoms with Crippen LogP contribution < -0.4 is 15.4 Å². The van der Waals surface area contributed by atoms with Gasteiger partial charge in [-0.25, -0.2) is 0 Å². The van der Waals surface area contributed by atoms with Gasteiger partial charge in [0.15, 0.2) is 0 Å². The zero-order valence-corrected chi connectivity index (χ0v) is 17.6. The minimum atomic E-state index is -0.114. The molecule has 1 aliphatic carbocycles. The molecule has 0 unspecified atom stereocenters. The van der Waals surface area contributed by atoms with Crippen LogP contribution in [0.4, 0.5) is 5.69 Å². The molecule has 0 radical (unpaired) electrons. The molecule has 2 aliphatic rings. The molecule has 0 spiro atoms. The van der Waals surface area contributed by atoms with Crippen molar-refractivity contribution in [2.24, 2.45) is 0 Å². The predicted molar refractivity (Wildman–Crippen MR) is 124 cm³/mol. The van der Waals surface area contributed by atoms with E-state index in [1.807, 2.05) is 36.4 Å². The number of hydrogen-bond acceptors (Lipinski definition) is 4. The Morgan fingerprint density at radius 1 is 0.935 bits per heavy atom. The number of nitrogens with zero attached hydrogens (tertiary/aromatic N) is 1. The summed E-state index contributed by atoms with van der Waals surface area (Å²) in [5.41, 5.74) is 6.39. The van der Waals surface area contributed by atoms with E-state index in [0.717, 1.165) is 39.1 Å². The van der Waals surface area contributed by atoms with Crippen LogP contribution in [-0.2, 0) is 6.42 Å².